The average Bonchev–Trinajstić information content (AvgIpc) is 3.19. The summed E-state index contributed by atoms with van der Waals surface area (Å²) in [5.74, 6) is 0.218. The molecule has 0 spiro atoms. The van der Waals surface area contributed by atoms with Gasteiger partial charge in [0.15, 0.2) is 15.8 Å². The van der Waals surface area contributed by atoms with Gasteiger partial charge in [-0.25, -0.2) is 26.9 Å². The van der Waals surface area contributed by atoms with Crippen LogP contribution in [0.25, 0.3) is 16.3 Å². The smallest absolute Gasteiger partial charge is 0.291 e. The summed E-state index contributed by atoms with van der Waals surface area (Å²) in [7, 11) is -3.89. The Balaban J connectivity index is 1.67. The molecule has 2 atom stereocenters. The van der Waals surface area contributed by atoms with E-state index >= 15 is 0 Å². The molecule has 184 valence electrons. The molecule has 5 rings (SSSR count). The number of fused-ring (bicyclic) bond motifs is 1. The standard InChI is InChI=1S/C20H24F2N6O4S2/c1-11-10-32-12(9-29)7-27(11)14-5-13(34(30,31)26-20(2)3-4-20)8-28-15(14)6-23-17(28)19-25-24-18(33-19)16(21)22/h5-6,8,11-12,16,26,29H,3-4,7,9-10H2,1-2H3/t11-,12+/m0/s1. The summed E-state index contributed by atoms with van der Waals surface area (Å²) in [6.07, 6.45) is 1.27. The number of morpholine rings is 1. The van der Waals surface area contributed by atoms with E-state index in [2.05, 4.69) is 19.9 Å². The molecule has 3 aromatic rings. The second kappa shape index (κ2) is 8.45. The maximum Gasteiger partial charge on any atom is 0.291 e. The van der Waals surface area contributed by atoms with Gasteiger partial charge < -0.3 is 14.7 Å². The van der Waals surface area contributed by atoms with Gasteiger partial charge >= 0.3 is 0 Å². The van der Waals surface area contributed by atoms with Crippen LogP contribution in [-0.2, 0) is 14.8 Å². The van der Waals surface area contributed by atoms with Crippen molar-refractivity contribution in [2.24, 2.45) is 0 Å². The van der Waals surface area contributed by atoms with Gasteiger partial charge in [0.05, 0.1) is 36.7 Å². The zero-order valence-corrected chi connectivity index (χ0v) is 20.1. The van der Waals surface area contributed by atoms with Crippen molar-refractivity contribution < 1.29 is 27.0 Å². The summed E-state index contributed by atoms with van der Waals surface area (Å²) in [5, 5.41) is 16.7. The molecule has 0 bridgehead atoms. The van der Waals surface area contributed by atoms with Crippen molar-refractivity contribution in [3.05, 3.63) is 23.5 Å². The van der Waals surface area contributed by atoms with Gasteiger partial charge in [-0.2, -0.15) is 0 Å². The first kappa shape index (κ1) is 23.5. The molecule has 0 aromatic carbocycles. The highest BCUT2D eigenvalue weighted by atomic mass is 32.2. The molecule has 2 fully saturated rings. The van der Waals surface area contributed by atoms with Crippen LogP contribution in [0.4, 0.5) is 14.5 Å². The summed E-state index contributed by atoms with van der Waals surface area (Å²) < 4.78 is 62.7. The number of hydrogen-bond acceptors (Lipinski definition) is 9. The van der Waals surface area contributed by atoms with Crippen LogP contribution in [0.5, 0.6) is 0 Å². The van der Waals surface area contributed by atoms with Crippen molar-refractivity contribution in [1.29, 1.82) is 0 Å². The number of anilines is 1. The van der Waals surface area contributed by atoms with Crippen LogP contribution in [0.3, 0.4) is 0 Å². The molecule has 2 aliphatic rings. The molecule has 34 heavy (non-hydrogen) atoms. The zero-order valence-electron chi connectivity index (χ0n) is 18.5. The highest BCUT2D eigenvalue weighted by Crippen LogP contribution is 2.38. The Bertz CT molecular complexity index is 1320. The Kier molecular flexibility index (Phi) is 5.83. The van der Waals surface area contributed by atoms with Gasteiger partial charge in [0.2, 0.25) is 10.0 Å². The number of imidazole rings is 1. The Hall–Kier alpha value is -2.26. The van der Waals surface area contributed by atoms with Crippen LogP contribution < -0.4 is 9.62 Å². The van der Waals surface area contributed by atoms with Gasteiger partial charge in [0.25, 0.3) is 6.43 Å². The van der Waals surface area contributed by atoms with Gasteiger partial charge in [-0.15, -0.1) is 10.2 Å². The predicted octanol–water partition coefficient (Wildman–Crippen LogP) is 2.21. The van der Waals surface area contributed by atoms with E-state index in [1.165, 1.54) is 6.20 Å². The fourth-order valence-corrected chi connectivity index (χ4v) is 6.11. The first-order valence-electron chi connectivity index (χ1n) is 10.8. The van der Waals surface area contributed by atoms with Gasteiger partial charge in [-0.05, 0) is 32.8 Å². The lowest BCUT2D eigenvalue weighted by Gasteiger charge is -2.39. The van der Waals surface area contributed by atoms with E-state index in [4.69, 9.17) is 4.74 Å². The fraction of sp³-hybridized carbons (Fsp3) is 0.550. The van der Waals surface area contributed by atoms with E-state index in [1.54, 1.807) is 16.7 Å². The number of aliphatic hydroxyl groups excluding tert-OH is 1. The molecule has 14 heteroatoms. The quantitative estimate of drug-likeness (QED) is 0.492. The van der Waals surface area contributed by atoms with Gasteiger partial charge in [-0.3, -0.25) is 4.40 Å². The second-order valence-corrected chi connectivity index (χ2v) is 11.6. The van der Waals surface area contributed by atoms with E-state index in [0.29, 0.717) is 35.7 Å². The fourth-order valence-electron chi connectivity index (χ4n) is 3.94. The maximum absolute atomic E-state index is 13.3. The number of aliphatic hydroxyl groups is 1. The number of ether oxygens (including phenoxy) is 1. The Labute approximate surface area is 198 Å². The molecule has 1 saturated carbocycles. The number of aromatic nitrogens is 4. The maximum atomic E-state index is 13.3. The number of pyridine rings is 1. The normalized spacial score (nSPS) is 22.6. The molecular weight excluding hydrogens is 490 g/mol. The van der Waals surface area contributed by atoms with Crippen molar-refractivity contribution >= 4 is 32.6 Å². The summed E-state index contributed by atoms with van der Waals surface area (Å²) in [4.78, 5) is 6.35. The van der Waals surface area contributed by atoms with Crippen molar-refractivity contribution in [3.63, 3.8) is 0 Å². The molecule has 0 amide bonds. The third-order valence-electron chi connectivity index (χ3n) is 6.12. The van der Waals surface area contributed by atoms with E-state index < -0.39 is 33.1 Å². The summed E-state index contributed by atoms with van der Waals surface area (Å²) >= 11 is 0.706. The van der Waals surface area contributed by atoms with Crippen molar-refractivity contribution in [2.45, 2.75) is 55.7 Å². The predicted molar refractivity (Wildman–Crippen MR) is 121 cm³/mol. The van der Waals surface area contributed by atoms with Crippen LogP contribution in [0.2, 0.25) is 0 Å². The van der Waals surface area contributed by atoms with E-state index in [9.17, 15) is 22.3 Å². The van der Waals surface area contributed by atoms with Gasteiger partial charge in [0, 0.05) is 24.3 Å². The number of nitrogens with one attached hydrogen (secondary N) is 1. The van der Waals surface area contributed by atoms with Gasteiger partial charge in [0.1, 0.15) is 4.90 Å². The number of rotatable bonds is 7. The Morgan fingerprint density at radius 2 is 2.15 bits per heavy atom. The SMILES string of the molecule is C[C@H]1CO[C@@H](CO)CN1c1cc(S(=O)(=O)NC2(C)CC2)cn2c(-c3nnc(C(F)F)s3)ncc12. The minimum absolute atomic E-state index is 0.0141. The molecule has 2 N–H and O–H groups in total. The number of hydrogen-bond donors (Lipinski definition) is 2. The first-order valence-corrected chi connectivity index (χ1v) is 13.1. The molecule has 4 heterocycles. The molecule has 10 nitrogen and oxygen atoms in total. The molecule has 0 radical (unpaired) electrons. The van der Waals surface area contributed by atoms with E-state index in [0.717, 1.165) is 12.8 Å². The average molecular weight is 515 g/mol. The monoisotopic (exact) mass is 514 g/mol. The molecule has 1 aliphatic carbocycles. The van der Waals surface area contributed by atoms with Crippen molar-refractivity contribution in [1.82, 2.24) is 24.3 Å². The zero-order chi connectivity index (χ0) is 24.3. The molecular formula is C20H24F2N6O4S2. The lowest BCUT2D eigenvalue weighted by molar-refractivity contribution is -0.0102. The highest BCUT2D eigenvalue weighted by Gasteiger charge is 2.41. The van der Waals surface area contributed by atoms with E-state index in [-0.39, 0.29) is 28.4 Å². The molecule has 0 unspecified atom stereocenters. The van der Waals surface area contributed by atoms with Gasteiger partial charge in [-0.1, -0.05) is 11.3 Å². The summed E-state index contributed by atoms with van der Waals surface area (Å²) in [6, 6.07) is 1.47. The lowest BCUT2D eigenvalue weighted by Crippen LogP contribution is -2.49. The third-order valence-corrected chi connectivity index (χ3v) is 8.65. The topological polar surface area (TPSA) is 122 Å². The number of sulfonamides is 1. The first-order chi connectivity index (χ1) is 16.1. The number of halogens is 2. The van der Waals surface area contributed by atoms with Crippen molar-refractivity contribution in [2.75, 3.05) is 24.7 Å². The Morgan fingerprint density at radius 1 is 1.38 bits per heavy atom. The van der Waals surface area contributed by atoms with E-state index in [1.807, 2.05) is 18.7 Å². The lowest BCUT2D eigenvalue weighted by atomic mass is 10.1. The Morgan fingerprint density at radius 3 is 2.79 bits per heavy atom. The molecule has 1 aliphatic heterocycles. The summed E-state index contributed by atoms with van der Waals surface area (Å²) in [5.41, 5.74) is 0.673. The third kappa shape index (κ3) is 4.28. The van der Waals surface area contributed by atoms with Crippen LogP contribution in [0.1, 0.15) is 38.1 Å². The van der Waals surface area contributed by atoms with Crippen LogP contribution in [-0.4, -0.2) is 70.5 Å². The molecule has 3 aromatic heterocycles. The second-order valence-electron chi connectivity index (χ2n) is 8.95. The minimum atomic E-state index is -3.89. The highest BCUT2D eigenvalue weighted by molar-refractivity contribution is 7.89. The van der Waals surface area contributed by atoms with Crippen LogP contribution >= 0.6 is 11.3 Å². The number of nitrogens with zero attached hydrogens (tertiary/aromatic N) is 5. The van der Waals surface area contributed by atoms with Crippen LogP contribution in [0, 0.1) is 0 Å². The number of alkyl halides is 2. The largest absolute Gasteiger partial charge is 0.394 e. The van der Waals surface area contributed by atoms with Crippen molar-refractivity contribution in [3.8, 4) is 10.8 Å². The van der Waals surface area contributed by atoms with Crippen LogP contribution in [0.15, 0.2) is 23.4 Å². The molecule has 1 saturated heterocycles. The summed E-state index contributed by atoms with van der Waals surface area (Å²) in [6.45, 7) is 4.29. The minimum Gasteiger partial charge on any atom is -0.394 e.